The maximum absolute atomic E-state index is 6.18. The van der Waals surface area contributed by atoms with E-state index >= 15 is 0 Å². The monoisotopic (exact) mass is 404 g/mol. The van der Waals surface area contributed by atoms with Gasteiger partial charge in [-0.1, -0.05) is 45.7 Å². The highest BCUT2D eigenvalue weighted by Crippen LogP contribution is 2.35. The van der Waals surface area contributed by atoms with Gasteiger partial charge < -0.3 is 9.47 Å². The number of alkyl halides is 1. The average molecular weight is 406 g/mol. The van der Waals surface area contributed by atoms with Crippen LogP contribution in [0.3, 0.4) is 0 Å². The molecule has 0 amide bonds. The largest absolute Gasteiger partial charge is 0.493 e. The second kappa shape index (κ2) is 7.28. The summed E-state index contributed by atoms with van der Waals surface area (Å²) in [4.78, 5) is 0. The molecule has 20 heavy (non-hydrogen) atoms. The van der Waals surface area contributed by atoms with Gasteiger partial charge in [0.25, 0.3) is 0 Å². The van der Waals surface area contributed by atoms with Crippen molar-refractivity contribution in [3.63, 3.8) is 0 Å². The average Bonchev–Trinajstić information content (AvgIpc) is 2.47. The van der Waals surface area contributed by atoms with Gasteiger partial charge in [0.05, 0.1) is 6.61 Å². The van der Waals surface area contributed by atoms with Crippen LogP contribution in [0.15, 0.2) is 22.7 Å². The first kappa shape index (κ1) is 16.3. The molecule has 0 spiro atoms. The summed E-state index contributed by atoms with van der Waals surface area (Å²) in [7, 11) is 0. The van der Waals surface area contributed by atoms with Gasteiger partial charge in [0.15, 0.2) is 0 Å². The van der Waals surface area contributed by atoms with E-state index in [-0.39, 0.29) is 5.41 Å². The third kappa shape index (κ3) is 3.99. The summed E-state index contributed by atoms with van der Waals surface area (Å²) in [5, 5.41) is 0.969. The summed E-state index contributed by atoms with van der Waals surface area (Å²) in [6.45, 7) is 6.83. The van der Waals surface area contributed by atoms with Gasteiger partial charge in [-0.3, -0.25) is 0 Å². The molecule has 2 nitrogen and oxygen atoms in total. The van der Waals surface area contributed by atoms with Crippen LogP contribution in [-0.4, -0.2) is 25.2 Å². The van der Waals surface area contributed by atoms with Crippen LogP contribution >= 0.6 is 31.9 Å². The Morgan fingerprint density at radius 3 is 2.60 bits per heavy atom. The number of hydrogen-bond donors (Lipinski definition) is 0. The van der Waals surface area contributed by atoms with E-state index in [0.717, 1.165) is 48.2 Å². The van der Waals surface area contributed by atoms with Crippen LogP contribution in [0, 0.1) is 5.41 Å². The first-order valence-electron chi connectivity index (χ1n) is 7.12. The Bertz CT molecular complexity index is 440. The van der Waals surface area contributed by atoms with Crippen LogP contribution in [-0.2, 0) is 4.74 Å². The SMILES string of the molecule is CC(C)c1cc(Br)ccc1OCC1(CBr)CCOCC1. The molecule has 1 fully saturated rings. The van der Waals surface area contributed by atoms with Gasteiger partial charge in [0.1, 0.15) is 5.75 Å². The van der Waals surface area contributed by atoms with E-state index in [2.05, 4.69) is 57.8 Å². The van der Waals surface area contributed by atoms with Crippen LogP contribution in [0.4, 0.5) is 0 Å². The summed E-state index contributed by atoms with van der Waals surface area (Å²) < 4.78 is 12.8. The van der Waals surface area contributed by atoms with Gasteiger partial charge in [-0.05, 0) is 42.5 Å². The van der Waals surface area contributed by atoms with E-state index in [1.165, 1.54) is 5.56 Å². The molecule has 0 aliphatic carbocycles. The van der Waals surface area contributed by atoms with Crippen LogP contribution in [0.2, 0.25) is 0 Å². The molecular weight excluding hydrogens is 384 g/mol. The van der Waals surface area contributed by atoms with Gasteiger partial charge in [-0.25, -0.2) is 0 Å². The van der Waals surface area contributed by atoms with Gasteiger partial charge in [-0.15, -0.1) is 0 Å². The molecule has 0 bridgehead atoms. The second-order valence-electron chi connectivity index (χ2n) is 5.87. The molecule has 0 aromatic heterocycles. The fraction of sp³-hybridized carbons (Fsp3) is 0.625. The Kier molecular flexibility index (Phi) is 5.94. The third-order valence-electron chi connectivity index (χ3n) is 3.96. The minimum Gasteiger partial charge on any atom is -0.493 e. The number of rotatable bonds is 5. The predicted molar refractivity (Wildman–Crippen MR) is 90.0 cm³/mol. The van der Waals surface area contributed by atoms with Crippen molar-refractivity contribution in [2.45, 2.75) is 32.6 Å². The number of benzene rings is 1. The molecule has 0 atom stereocenters. The maximum Gasteiger partial charge on any atom is 0.122 e. The number of ether oxygens (including phenoxy) is 2. The van der Waals surface area contributed by atoms with Crippen LogP contribution in [0.25, 0.3) is 0 Å². The van der Waals surface area contributed by atoms with Crippen molar-refractivity contribution in [2.24, 2.45) is 5.41 Å². The van der Waals surface area contributed by atoms with E-state index in [9.17, 15) is 0 Å². The molecule has 0 saturated carbocycles. The molecule has 0 radical (unpaired) electrons. The van der Waals surface area contributed by atoms with Gasteiger partial charge in [0.2, 0.25) is 0 Å². The summed E-state index contributed by atoms with van der Waals surface area (Å²) in [6, 6.07) is 6.28. The molecule has 2 rings (SSSR count). The van der Waals surface area contributed by atoms with Crippen molar-refractivity contribution in [1.29, 1.82) is 0 Å². The Morgan fingerprint density at radius 2 is 2.00 bits per heavy atom. The highest BCUT2D eigenvalue weighted by molar-refractivity contribution is 9.10. The summed E-state index contributed by atoms with van der Waals surface area (Å²) in [5.74, 6) is 1.46. The van der Waals surface area contributed by atoms with E-state index < -0.39 is 0 Å². The van der Waals surface area contributed by atoms with E-state index in [4.69, 9.17) is 9.47 Å². The third-order valence-corrected chi connectivity index (χ3v) is 5.65. The van der Waals surface area contributed by atoms with Crippen molar-refractivity contribution >= 4 is 31.9 Å². The zero-order chi connectivity index (χ0) is 14.6. The fourth-order valence-corrected chi connectivity index (χ4v) is 3.56. The Hall–Kier alpha value is -0.0600. The Labute approximate surface area is 138 Å². The first-order valence-corrected chi connectivity index (χ1v) is 9.04. The zero-order valence-electron chi connectivity index (χ0n) is 12.1. The minimum atomic E-state index is 0.208. The van der Waals surface area contributed by atoms with Crippen LogP contribution in [0.1, 0.15) is 38.2 Å². The van der Waals surface area contributed by atoms with Gasteiger partial charge in [-0.2, -0.15) is 0 Å². The van der Waals surface area contributed by atoms with E-state index in [0.29, 0.717) is 5.92 Å². The molecule has 4 heteroatoms. The summed E-state index contributed by atoms with van der Waals surface area (Å²) >= 11 is 7.19. The quantitative estimate of drug-likeness (QED) is 0.631. The van der Waals surface area contributed by atoms with Crippen LogP contribution in [0.5, 0.6) is 5.75 Å². The van der Waals surface area contributed by atoms with Crippen molar-refractivity contribution in [2.75, 3.05) is 25.2 Å². The van der Waals surface area contributed by atoms with Crippen molar-refractivity contribution in [3.8, 4) is 5.75 Å². The van der Waals surface area contributed by atoms with Crippen molar-refractivity contribution < 1.29 is 9.47 Å². The maximum atomic E-state index is 6.18. The molecule has 1 aliphatic rings. The molecule has 1 aromatic rings. The normalized spacial score (nSPS) is 18.2. The lowest BCUT2D eigenvalue weighted by Crippen LogP contribution is -2.36. The zero-order valence-corrected chi connectivity index (χ0v) is 15.3. The molecule has 1 aliphatic heterocycles. The molecule has 1 heterocycles. The summed E-state index contributed by atoms with van der Waals surface area (Å²) in [6.07, 6.45) is 2.12. The summed E-state index contributed by atoms with van der Waals surface area (Å²) in [5.41, 5.74) is 1.47. The number of halogens is 2. The molecule has 0 N–H and O–H groups in total. The molecule has 1 saturated heterocycles. The smallest absolute Gasteiger partial charge is 0.122 e. The standard InChI is InChI=1S/C16H22Br2O2/c1-12(2)14-9-13(18)3-4-15(14)20-11-16(10-17)5-7-19-8-6-16/h3-4,9,12H,5-8,10-11H2,1-2H3. The molecule has 112 valence electrons. The van der Waals surface area contributed by atoms with Crippen molar-refractivity contribution in [1.82, 2.24) is 0 Å². The molecule has 1 aromatic carbocycles. The predicted octanol–water partition coefficient (Wildman–Crippen LogP) is 5.14. The lowest BCUT2D eigenvalue weighted by molar-refractivity contribution is 0.00334. The molecular formula is C16H22Br2O2. The van der Waals surface area contributed by atoms with Gasteiger partial charge >= 0.3 is 0 Å². The van der Waals surface area contributed by atoms with E-state index in [1.54, 1.807) is 0 Å². The van der Waals surface area contributed by atoms with Gasteiger partial charge in [0, 0.05) is 28.4 Å². The fourth-order valence-electron chi connectivity index (χ4n) is 2.45. The van der Waals surface area contributed by atoms with Crippen LogP contribution < -0.4 is 4.74 Å². The highest BCUT2D eigenvalue weighted by Gasteiger charge is 2.32. The lowest BCUT2D eigenvalue weighted by atomic mass is 9.83. The van der Waals surface area contributed by atoms with E-state index in [1.807, 2.05) is 6.07 Å². The Morgan fingerprint density at radius 1 is 1.30 bits per heavy atom. The minimum absolute atomic E-state index is 0.208. The first-order chi connectivity index (χ1) is 9.56. The van der Waals surface area contributed by atoms with Crippen molar-refractivity contribution in [3.05, 3.63) is 28.2 Å². The topological polar surface area (TPSA) is 18.5 Å². The number of hydrogen-bond acceptors (Lipinski definition) is 2. The molecule has 0 unspecified atom stereocenters. The highest BCUT2D eigenvalue weighted by atomic mass is 79.9. The second-order valence-corrected chi connectivity index (χ2v) is 7.35. The lowest BCUT2D eigenvalue weighted by Gasteiger charge is -2.35. The Balaban J connectivity index is 2.09.